The van der Waals surface area contributed by atoms with Crippen LogP contribution in [-0.2, 0) is 17.6 Å². The molecule has 28 heavy (non-hydrogen) atoms. The predicted octanol–water partition coefficient (Wildman–Crippen LogP) is 3.01. The summed E-state index contributed by atoms with van der Waals surface area (Å²) in [5.74, 6) is 1.59. The Bertz CT molecular complexity index is 603. The molecule has 1 fully saturated rings. The number of thioether (sulfide) groups is 1. The van der Waals surface area contributed by atoms with E-state index in [1.165, 1.54) is 38.8 Å². The third-order valence-corrected chi connectivity index (χ3v) is 6.86. The molecule has 2 aliphatic rings. The van der Waals surface area contributed by atoms with E-state index in [0.717, 1.165) is 26.1 Å². The van der Waals surface area contributed by atoms with Crippen LogP contribution in [0.1, 0.15) is 30.4 Å². The van der Waals surface area contributed by atoms with Crippen molar-refractivity contribution in [2.24, 2.45) is 5.92 Å². The smallest absolute Gasteiger partial charge is 0.232 e. The molecule has 1 aliphatic carbocycles. The van der Waals surface area contributed by atoms with Crippen molar-refractivity contribution in [3.8, 4) is 0 Å². The normalized spacial score (nSPS) is 18.6. The average molecular weight is 404 g/mol. The van der Waals surface area contributed by atoms with Crippen LogP contribution >= 0.6 is 11.8 Å². The molecule has 1 saturated heterocycles. The number of hydrogen-bond donors (Lipinski definition) is 0. The fraction of sp³-hybridized carbons (Fsp3) is 0.696. The maximum atomic E-state index is 12.6. The van der Waals surface area contributed by atoms with E-state index in [1.54, 1.807) is 22.9 Å². The Morgan fingerprint density at radius 3 is 2.32 bits per heavy atom. The van der Waals surface area contributed by atoms with E-state index in [0.29, 0.717) is 23.6 Å². The molecule has 0 saturated carbocycles. The topological polar surface area (TPSA) is 26.8 Å². The summed E-state index contributed by atoms with van der Waals surface area (Å²) in [5.41, 5.74) is 3.09. The summed E-state index contributed by atoms with van der Waals surface area (Å²) in [6.07, 6.45) is 7.96. The lowest BCUT2D eigenvalue weighted by Gasteiger charge is -2.38. The first kappa shape index (κ1) is 21.7. The highest BCUT2D eigenvalue weighted by molar-refractivity contribution is 7.99. The van der Waals surface area contributed by atoms with Gasteiger partial charge in [0.2, 0.25) is 5.91 Å². The molecule has 0 atom stereocenters. The molecule has 4 nitrogen and oxygen atoms in total. The number of nitrogens with zero attached hydrogens (tertiary/aromatic N) is 3. The Labute approximate surface area is 175 Å². The second kappa shape index (κ2) is 10.7. The van der Waals surface area contributed by atoms with Crippen LogP contribution in [0.25, 0.3) is 0 Å². The van der Waals surface area contributed by atoms with Gasteiger partial charge in [-0.2, -0.15) is 11.8 Å². The molecule has 1 amide bonds. The number of piperidine rings is 1. The van der Waals surface area contributed by atoms with Crippen LogP contribution in [0.5, 0.6) is 0 Å². The molecule has 0 radical (unpaired) electrons. The maximum absolute atomic E-state index is 12.6. The molecule has 1 aliphatic heterocycles. The molecule has 5 heteroatoms. The number of amides is 1. The fourth-order valence-electron chi connectivity index (χ4n) is 4.72. The first-order valence-corrected chi connectivity index (χ1v) is 12.2. The Balaban J connectivity index is 1.46. The molecular weight excluding hydrogens is 366 g/mol. The largest absolute Gasteiger partial charge is 0.342 e. The predicted molar refractivity (Wildman–Crippen MR) is 120 cm³/mol. The van der Waals surface area contributed by atoms with E-state index in [9.17, 15) is 4.79 Å². The van der Waals surface area contributed by atoms with Crippen molar-refractivity contribution in [2.75, 3.05) is 58.8 Å². The van der Waals surface area contributed by atoms with Crippen LogP contribution in [0.2, 0.25) is 0 Å². The van der Waals surface area contributed by atoms with Gasteiger partial charge in [0.05, 0.1) is 5.75 Å². The Kier molecular flexibility index (Phi) is 8.24. The summed E-state index contributed by atoms with van der Waals surface area (Å²) in [4.78, 5) is 19.6. The number of carbonyl (C=O) groups is 1. The lowest BCUT2D eigenvalue weighted by Crippen LogP contribution is -2.45. The van der Waals surface area contributed by atoms with Gasteiger partial charge in [-0.1, -0.05) is 24.3 Å². The monoisotopic (exact) mass is 403 g/mol. The van der Waals surface area contributed by atoms with Crippen molar-refractivity contribution in [2.45, 2.75) is 38.1 Å². The summed E-state index contributed by atoms with van der Waals surface area (Å²) in [6.45, 7) is 5.27. The maximum Gasteiger partial charge on any atom is 0.232 e. The molecule has 156 valence electrons. The quantitative estimate of drug-likeness (QED) is 0.633. The zero-order chi connectivity index (χ0) is 19.9. The van der Waals surface area contributed by atoms with Crippen molar-refractivity contribution in [3.63, 3.8) is 0 Å². The van der Waals surface area contributed by atoms with Gasteiger partial charge in [-0.05, 0) is 89.1 Å². The van der Waals surface area contributed by atoms with Crippen molar-refractivity contribution < 1.29 is 4.79 Å². The minimum absolute atomic E-state index is 0.319. The molecule has 1 aromatic carbocycles. The van der Waals surface area contributed by atoms with Gasteiger partial charge in [-0.3, -0.25) is 9.69 Å². The lowest BCUT2D eigenvalue weighted by atomic mass is 9.94. The van der Waals surface area contributed by atoms with Crippen LogP contribution in [0.4, 0.5) is 0 Å². The van der Waals surface area contributed by atoms with E-state index in [4.69, 9.17) is 0 Å². The molecule has 0 N–H and O–H groups in total. The Morgan fingerprint density at radius 2 is 1.75 bits per heavy atom. The van der Waals surface area contributed by atoms with Crippen LogP contribution in [0.3, 0.4) is 0 Å². The highest BCUT2D eigenvalue weighted by Crippen LogP contribution is 2.29. The summed E-state index contributed by atoms with van der Waals surface area (Å²) >= 11 is 1.64. The first-order valence-electron chi connectivity index (χ1n) is 10.8. The van der Waals surface area contributed by atoms with E-state index >= 15 is 0 Å². The highest BCUT2D eigenvalue weighted by Gasteiger charge is 2.30. The molecule has 1 aromatic rings. The molecule has 0 spiro atoms. The number of likely N-dealkylation sites (tertiary alicyclic amines) is 1. The molecule has 0 unspecified atom stereocenters. The Hall–Kier alpha value is -1.04. The summed E-state index contributed by atoms with van der Waals surface area (Å²) in [7, 11) is 4.20. The molecule has 0 aromatic heterocycles. The number of rotatable bonds is 9. The van der Waals surface area contributed by atoms with Gasteiger partial charge in [0, 0.05) is 19.1 Å². The minimum atomic E-state index is 0.319. The van der Waals surface area contributed by atoms with Crippen molar-refractivity contribution in [3.05, 3.63) is 35.4 Å². The Morgan fingerprint density at radius 1 is 1.11 bits per heavy atom. The SMILES string of the molecule is CSCC(=O)N(CCCN(C)C)CC1CCN(C2Cc3ccccc3C2)CC1. The zero-order valence-electron chi connectivity index (χ0n) is 17.9. The average Bonchev–Trinajstić information content (AvgIpc) is 3.12. The summed E-state index contributed by atoms with van der Waals surface area (Å²) < 4.78 is 0. The van der Waals surface area contributed by atoms with Gasteiger partial charge in [0.1, 0.15) is 0 Å². The van der Waals surface area contributed by atoms with Crippen LogP contribution in [0, 0.1) is 5.92 Å². The number of fused-ring (bicyclic) bond motifs is 1. The summed E-state index contributed by atoms with van der Waals surface area (Å²) in [6, 6.07) is 9.62. The molecule has 3 rings (SSSR count). The van der Waals surface area contributed by atoms with Gasteiger partial charge < -0.3 is 9.80 Å². The second-order valence-electron chi connectivity index (χ2n) is 8.74. The highest BCUT2D eigenvalue weighted by atomic mass is 32.2. The lowest BCUT2D eigenvalue weighted by molar-refractivity contribution is -0.129. The van der Waals surface area contributed by atoms with E-state index in [-0.39, 0.29) is 0 Å². The van der Waals surface area contributed by atoms with Crippen molar-refractivity contribution in [1.29, 1.82) is 0 Å². The van der Waals surface area contributed by atoms with Crippen molar-refractivity contribution in [1.82, 2.24) is 14.7 Å². The van der Waals surface area contributed by atoms with Gasteiger partial charge in [-0.25, -0.2) is 0 Å². The van der Waals surface area contributed by atoms with Gasteiger partial charge in [0.25, 0.3) is 0 Å². The van der Waals surface area contributed by atoms with E-state index in [1.807, 2.05) is 6.26 Å². The van der Waals surface area contributed by atoms with Gasteiger partial charge in [-0.15, -0.1) is 0 Å². The molecule has 0 bridgehead atoms. The third-order valence-electron chi connectivity index (χ3n) is 6.33. The minimum Gasteiger partial charge on any atom is -0.342 e. The first-order chi connectivity index (χ1) is 13.6. The molecular formula is C23H37N3OS. The molecule has 1 heterocycles. The van der Waals surface area contributed by atoms with Crippen molar-refractivity contribution >= 4 is 17.7 Å². The van der Waals surface area contributed by atoms with Crippen LogP contribution in [-0.4, -0.2) is 85.5 Å². The summed E-state index contributed by atoms with van der Waals surface area (Å²) in [5, 5.41) is 0. The van der Waals surface area contributed by atoms with Crippen LogP contribution < -0.4 is 0 Å². The zero-order valence-corrected chi connectivity index (χ0v) is 18.7. The fourth-order valence-corrected chi connectivity index (χ4v) is 5.15. The van der Waals surface area contributed by atoms with E-state index < -0.39 is 0 Å². The van der Waals surface area contributed by atoms with Gasteiger partial charge in [0.15, 0.2) is 0 Å². The standard InChI is InChI=1S/C23H37N3OS/c1-24(2)11-6-12-26(23(27)18-28-3)17-19-9-13-25(14-10-19)22-15-20-7-4-5-8-21(20)16-22/h4-5,7-8,19,22H,6,9-18H2,1-3H3. The second-order valence-corrected chi connectivity index (χ2v) is 9.61. The number of carbonyl (C=O) groups excluding carboxylic acids is 1. The van der Waals surface area contributed by atoms with Gasteiger partial charge >= 0.3 is 0 Å². The third kappa shape index (κ3) is 5.98. The number of benzene rings is 1. The number of hydrogen-bond acceptors (Lipinski definition) is 4. The van der Waals surface area contributed by atoms with E-state index in [2.05, 4.69) is 53.1 Å². The van der Waals surface area contributed by atoms with Crippen LogP contribution in [0.15, 0.2) is 24.3 Å².